The molecule has 2 aromatic rings. The van der Waals surface area contributed by atoms with Gasteiger partial charge in [-0.05, 0) is 96.7 Å². The lowest BCUT2D eigenvalue weighted by atomic mass is 9.74. The van der Waals surface area contributed by atoms with Gasteiger partial charge in [-0.15, -0.1) is 0 Å². The Morgan fingerprint density at radius 3 is 2.35 bits per heavy atom. The molecule has 0 spiro atoms. The van der Waals surface area contributed by atoms with E-state index in [2.05, 4.69) is 43.3 Å². The Morgan fingerprint density at radius 1 is 0.923 bits per heavy atom. The van der Waals surface area contributed by atoms with E-state index in [0.29, 0.717) is 5.92 Å². The highest BCUT2D eigenvalue weighted by Crippen LogP contribution is 2.38. The molecule has 0 nitrogen and oxygen atoms in total. The van der Waals surface area contributed by atoms with Crippen molar-refractivity contribution < 1.29 is 0 Å². The monoisotopic (exact) mass is 364 g/mol. The molecular weight excluding hydrogens is 336 g/mol. The number of unbranched alkanes of at least 4 members (excludes halogenated alkanes) is 1. The summed E-state index contributed by atoms with van der Waals surface area (Å²) in [5.74, 6) is 1.39. The minimum absolute atomic E-state index is 0.645. The summed E-state index contributed by atoms with van der Waals surface area (Å²) in [4.78, 5) is 0. The van der Waals surface area contributed by atoms with E-state index in [1.54, 1.807) is 22.3 Å². The first-order chi connectivity index (χ1) is 12.7. The second kappa shape index (κ2) is 8.01. The fraction of sp³-hybridized carbons (Fsp3) is 0.440. The number of halogens is 1. The van der Waals surface area contributed by atoms with Crippen molar-refractivity contribution in [2.24, 2.45) is 5.92 Å². The smallest absolute Gasteiger partial charge is 0.0406 e. The molecule has 4 rings (SSSR count). The van der Waals surface area contributed by atoms with Gasteiger partial charge >= 0.3 is 0 Å². The van der Waals surface area contributed by atoms with E-state index in [0.717, 1.165) is 10.9 Å². The van der Waals surface area contributed by atoms with Gasteiger partial charge in [0.1, 0.15) is 0 Å². The summed E-state index contributed by atoms with van der Waals surface area (Å²) in [6.45, 7) is 2.25. The molecule has 2 aliphatic rings. The summed E-state index contributed by atoms with van der Waals surface area (Å²) in [5.41, 5.74) is 8.03. The normalized spacial score (nSPS) is 22.2. The summed E-state index contributed by atoms with van der Waals surface area (Å²) >= 11 is 6.06. The van der Waals surface area contributed by atoms with Gasteiger partial charge < -0.3 is 0 Å². The van der Waals surface area contributed by atoms with E-state index in [-0.39, 0.29) is 0 Å². The van der Waals surface area contributed by atoms with Crippen LogP contribution in [0.25, 0.3) is 0 Å². The first kappa shape index (κ1) is 17.9. The van der Waals surface area contributed by atoms with Crippen molar-refractivity contribution in [3.63, 3.8) is 0 Å². The molecule has 0 fully saturated rings. The van der Waals surface area contributed by atoms with Crippen LogP contribution in [0.3, 0.4) is 0 Å². The summed E-state index contributed by atoms with van der Waals surface area (Å²) in [6, 6.07) is 13.3. The molecule has 0 bridgehead atoms. The highest BCUT2D eigenvalue weighted by atomic mass is 35.5. The van der Waals surface area contributed by atoms with Crippen molar-refractivity contribution >= 4 is 11.6 Å². The second-order valence-corrected chi connectivity index (χ2v) is 8.49. The van der Waals surface area contributed by atoms with Gasteiger partial charge in [0.25, 0.3) is 0 Å². The molecule has 0 unspecified atom stereocenters. The first-order valence-corrected chi connectivity index (χ1v) is 10.7. The van der Waals surface area contributed by atoms with E-state index in [1.807, 2.05) is 12.1 Å². The zero-order valence-corrected chi connectivity index (χ0v) is 16.6. The molecule has 0 heterocycles. The molecule has 0 amide bonds. The maximum absolute atomic E-state index is 6.06. The number of hydrogen-bond acceptors (Lipinski definition) is 0. The maximum Gasteiger partial charge on any atom is 0.0406 e. The maximum atomic E-state index is 6.06. The van der Waals surface area contributed by atoms with Gasteiger partial charge in [0.15, 0.2) is 0 Å². The first-order valence-electron chi connectivity index (χ1n) is 10.3. The van der Waals surface area contributed by atoms with Crippen molar-refractivity contribution in [3.8, 4) is 0 Å². The highest BCUT2D eigenvalue weighted by molar-refractivity contribution is 6.30. The topological polar surface area (TPSA) is 0 Å². The number of hydrogen-bond donors (Lipinski definition) is 0. The zero-order chi connectivity index (χ0) is 17.9. The Bertz CT molecular complexity index is 785. The Kier molecular flexibility index (Phi) is 5.50. The molecule has 0 N–H and O–H groups in total. The van der Waals surface area contributed by atoms with Crippen molar-refractivity contribution in [2.75, 3.05) is 0 Å². The lowest BCUT2D eigenvalue weighted by molar-refractivity contribution is 0.533. The second-order valence-electron chi connectivity index (χ2n) is 8.05. The Labute approximate surface area is 163 Å². The average Bonchev–Trinajstić information content (AvgIpc) is 2.68. The van der Waals surface area contributed by atoms with E-state index in [9.17, 15) is 0 Å². The van der Waals surface area contributed by atoms with Crippen LogP contribution < -0.4 is 0 Å². The number of allylic oxidation sites excluding steroid dienone is 2. The van der Waals surface area contributed by atoms with Crippen LogP contribution in [0.15, 0.2) is 48.6 Å². The summed E-state index contributed by atoms with van der Waals surface area (Å²) in [6.07, 6.45) is 14.9. The minimum Gasteiger partial charge on any atom is -0.0883 e. The molecule has 0 aliphatic heterocycles. The lowest BCUT2D eigenvalue weighted by Crippen LogP contribution is -2.20. The quantitative estimate of drug-likeness (QED) is 0.508. The van der Waals surface area contributed by atoms with Crippen LogP contribution in [-0.4, -0.2) is 0 Å². The van der Waals surface area contributed by atoms with Gasteiger partial charge in [-0.2, -0.15) is 0 Å². The van der Waals surface area contributed by atoms with E-state index in [4.69, 9.17) is 11.6 Å². The fourth-order valence-electron chi connectivity index (χ4n) is 4.83. The van der Waals surface area contributed by atoms with E-state index < -0.39 is 0 Å². The van der Waals surface area contributed by atoms with Gasteiger partial charge in [0, 0.05) is 5.02 Å². The van der Waals surface area contributed by atoms with Crippen LogP contribution in [0.1, 0.15) is 66.3 Å². The van der Waals surface area contributed by atoms with Gasteiger partial charge in [0.05, 0.1) is 0 Å². The van der Waals surface area contributed by atoms with Crippen LogP contribution in [-0.2, 0) is 25.7 Å². The van der Waals surface area contributed by atoms with Crippen LogP contribution in [0.2, 0.25) is 5.02 Å². The molecular formula is C25H29Cl. The van der Waals surface area contributed by atoms with Gasteiger partial charge in [-0.25, -0.2) is 0 Å². The number of rotatable bonds is 4. The molecule has 26 heavy (non-hydrogen) atoms. The van der Waals surface area contributed by atoms with Crippen molar-refractivity contribution in [1.29, 1.82) is 0 Å². The number of fused-ring (bicyclic) bond motifs is 3. The Hall–Kier alpha value is -1.53. The van der Waals surface area contributed by atoms with Gasteiger partial charge in [-0.3, -0.25) is 0 Å². The molecule has 1 heteroatoms. The van der Waals surface area contributed by atoms with Gasteiger partial charge in [-0.1, -0.05) is 61.4 Å². The fourth-order valence-corrected chi connectivity index (χ4v) is 4.96. The highest BCUT2D eigenvalue weighted by Gasteiger charge is 2.26. The van der Waals surface area contributed by atoms with Crippen molar-refractivity contribution in [2.45, 2.75) is 64.2 Å². The van der Waals surface area contributed by atoms with Crippen LogP contribution >= 0.6 is 11.6 Å². The number of benzene rings is 2. The van der Waals surface area contributed by atoms with E-state index >= 15 is 0 Å². The lowest BCUT2D eigenvalue weighted by Gasteiger charge is -2.31. The molecule has 2 atom stereocenters. The summed E-state index contributed by atoms with van der Waals surface area (Å²) in [5, 5.41) is 0.835. The van der Waals surface area contributed by atoms with Gasteiger partial charge in [0.2, 0.25) is 0 Å². The third-order valence-electron chi connectivity index (χ3n) is 6.29. The van der Waals surface area contributed by atoms with Crippen LogP contribution in [0.4, 0.5) is 0 Å². The minimum atomic E-state index is 0.645. The zero-order valence-electron chi connectivity index (χ0n) is 15.8. The molecule has 0 aromatic heterocycles. The Balaban J connectivity index is 1.51. The standard InChI is InChI=1S/C25H29Cl/c1-2-3-4-5-18-6-14-24-21(16-18)7-8-22-17-20(11-15-25(22)24)19-9-12-23(26)13-10-19/h4-5,7-10,12-13,18,20H,2-3,6,11,14-17H2,1H3/t18-,20-/m0/s1. The molecule has 2 aromatic carbocycles. The molecule has 0 radical (unpaired) electrons. The van der Waals surface area contributed by atoms with Crippen molar-refractivity contribution in [1.82, 2.24) is 0 Å². The summed E-state index contributed by atoms with van der Waals surface area (Å²) < 4.78 is 0. The summed E-state index contributed by atoms with van der Waals surface area (Å²) in [7, 11) is 0. The van der Waals surface area contributed by atoms with E-state index in [1.165, 1.54) is 56.9 Å². The molecule has 136 valence electrons. The average molecular weight is 365 g/mol. The third kappa shape index (κ3) is 3.76. The molecule has 0 saturated heterocycles. The molecule has 2 aliphatic carbocycles. The Morgan fingerprint density at radius 2 is 1.62 bits per heavy atom. The van der Waals surface area contributed by atoms with Crippen LogP contribution in [0, 0.1) is 5.92 Å². The van der Waals surface area contributed by atoms with Crippen LogP contribution in [0.5, 0.6) is 0 Å². The predicted octanol–water partition coefficient (Wildman–Crippen LogP) is 7.07. The SMILES string of the molecule is CCCC=C[C@H]1CCc2c(ccc3c2CC[C@H](c2ccc(Cl)cc2)C3)C1. The molecule has 0 saturated carbocycles. The predicted molar refractivity (Wildman–Crippen MR) is 112 cm³/mol. The third-order valence-corrected chi connectivity index (χ3v) is 6.54. The van der Waals surface area contributed by atoms with Crippen molar-refractivity contribution in [3.05, 3.63) is 81.4 Å². The largest absolute Gasteiger partial charge is 0.0883 e.